The van der Waals surface area contributed by atoms with Gasteiger partial charge in [0.05, 0.1) is 18.1 Å². The molecule has 0 bridgehead atoms. The van der Waals surface area contributed by atoms with Gasteiger partial charge in [-0.25, -0.2) is 13.1 Å². The Labute approximate surface area is 126 Å². The zero-order valence-electron chi connectivity index (χ0n) is 12.3. The Morgan fingerprint density at radius 1 is 1.38 bits per heavy atom. The lowest BCUT2D eigenvalue weighted by molar-refractivity contribution is 0.173. The van der Waals surface area contributed by atoms with Crippen molar-refractivity contribution >= 4 is 10.0 Å². The third-order valence-corrected chi connectivity index (χ3v) is 4.40. The number of nitrogens with one attached hydrogen (secondary N) is 1. The summed E-state index contributed by atoms with van der Waals surface area (Å²) in [6.45, 7) is 2.15. The molecule has 0 radical (unpaired) electrons. The van der Waals surface area contributed by atoms with Crippen LogP contribution in [-0.2, 0) is 14.8 Å². The minimum absolute atomic E-state index is 0.0497. The van der Waals surface area contributed by atoms with E-state index in [-0.39, 0.29) is 17.5 Å². The van der Waals surface area contributed by atoms with Crippen LogP contribution in [0.15, 0.2) is 29.2 Å². The minimum Gasteiger partial charge on any atom is -0.395 e. The average molecular weight is 311 g/mol. The normalized spacial score (nSPS) is 12.5. The Kier molecular flexibility index (Phi) is 7.40. The van der Waals surface area contributed by atoms with Crippen LogP contribution in [0.3, 0.4) is 0 Å². The van der Waals surface area contributed by atoms with Gasteiger partial charge in [0.1, 0.15) is 0 Å². The lowest BCUT2D eigenvalue weighted by Gasteiger charge is -2.16. The highest BCUT2D eigenvalue weighted by Crippen LogP contribution is 2.15. The molecule has 1 atom stereocenters. The predicted molar refractivity (Wildman–Crippen MR) is 81.3 cm³/mol. The SMILES string of the molecule is CCC(COC)NS(=O)(=O)c1ccccc1C#CCCO. The first-order valence-corrected chi connectivity index (χ1v) is 8.23. The topological polar surface area (TPSA) is 75.6 Å². The minimum atomic E-state index is -3.66. The highest BCUT2D eigenvalue weighted by molar-refractivity contribution is 7.89. The first-order chi connectivity index (χ1) is 10.0. The van der Waals surface area contributed by atoms with Crippen molar-refractivity contribution in [1.82, 2.24) is 4.72 Å². The summed E-state index contributed by atoms with van der Waals surface area (Å²) in [5.74, 6) is 5.52. The van der Waals surface area contributed by atoms with Crippen molar-refractivity contribution in [3.05, 3.63) is 29.8 Å². The average Bonchev–Trinajstić information content (AvgIpc) is 2.47. The molecule has 0 aliphatic rings. The maximum atomic E-state index is 12.4. The van der Waals surface area contributed by atoms with Crippen LogP contribution in [0.2, 0.25) is 0 Å². The molecule has 0 aromatic heterocycles. The fraction of sp³-hybridized carbons (Fsp3) is 0.467. The Balaban J connectivity index is 3.06. The third kappa shape index (κ3) is 5.48. The molecule has 0 saturated heterocycles. The van der Waals surface area contributed by atoms with E-state index >= 15 is 0 Å². The second-order valence-corrected chi connectivity index (χ2v) is 6.14. The molecule has 0 heterocycles. The summed E-state index contributed by atoms with van der Waals surface area (Å²) < 4.78 is 32.5. The molecule has 0 saturated carbocycles. The van der Waals surface area contributed by atoms with E-state index in [1.165, 1.54) is 13.2 Å². The molecule has 1 rings (SSSR count). The van der Waals surface area contributed by atoms with Crippen LogP contribution in [0.1, 0.15) is 25.3 Å². The van der Waals surface area contributed by atoms with Gasteiger partial charge in [-0.1, -0.05) is 30.9 Å². The molecule has 0 aliphatic carbocycles. The lowest BCUT2D eigenvalue weighted by atomic mass is 10.2. The van der Waals surface area contributed by atoms with Gasteiger partial charge < -0.3 is 9.84 Å². The fourth-order valence-corrected chi connectivity index (χ4v) is 3.20. The second-order valence-electron chi connectivity index (χ2n) is 4.45. The Morgan fingerprint density at radius 3 is 2.71 bits per heavy atom. The van der Waals surface area contributed by atoms with Gasteiger partial charge in [-0.05, 0) is 18.6 Å². The largest absolute Gasteiger partial charge is 0.395 e. The van der Waals surface area contributed by atoms with E-state index in [0.717, 1.165) is 0 Å². The fourth-order valence-electron chi connectivity index (χ4n) is 1.74. The van der Waals surface area contributed by atoms with Gasteiger partial charge in [0.25, 0.3) is 0 Å². The number of benzene rings is 1. The van der Waals surface area contributed by atoms with E-state index in [2.05, 4.69) is 16.6 Å². The molecule has 1 aromatic carbocycles. The molecule has 21 heavy (non-hydrogen) atoms. The predicted octanol–water partition coefficient (Wildman–Crippen LogP) is 1.12. The number of aliphatic hydroxyl groups excluding tert-OH is 1. The van der Waals surface area contributed by atoms with Gasteiger partial charge in [-0.3, -0.25) is 0 Å². The van der Waals surface area contributed by atoms with Gasteiger partial charge in [0, 0.05) is 25.1 Å². The Bertz CT molecular complexity index is 602. The molecule has 0 amide bonds. The first-order valence-electron chi connectivity index (χ1n) is 6.75. The van der Waals surface area contributed by atoms with Crippen molar-refractivity contribution < 1.29 is 18.3 Å². The first kappa shape index (κ1) is 17.7. The van der Waals surface area contributed by atoms with Crippen LogP contribution in [0.25, 0.3) is 0 Å². The van der Waals surface area contributed by atoms with Gasteiger partial charge in [-0.2, -0.15) is 0 Å². The van der Waals surface area contributed by atoms with Crippen LogP contribution in [0.5, 0.6) is 0 Å². The summed E-state index contributed by atoms with van der Waals surface area (Å²) in [5.41, 5.74) is 0.422. The van der Waals surface area contributed by atoms with E-state index in [0.29, 0.717) is 25.0 Å². The molecule has 1 aromatic rings. The van der Waals surface area contributed by atoms with Gasteiger partial charge >= 0.3 is 0 Å². The number of aliphatic hydroxyl groups is 1. The second kappa shape index (κ2) is 8.80. The molecule has 0 fully saturated rings. The quantitative estimate of drug-likeness (QED) is 0.740. The van der Waals surface area contributed by atoms with Crippen LogP contribution in [0, 0.1) is 11.8 Å². The van der Waals surface area contributed by atoms with Crippen LogP contribution >= 0.6 is 0 Å². The molecular weight excluding hydrogens is 290 g/mol. The maximum absolute atomic E-state index is 12.4. The zero-order valence-corrected chi connectivity index (χ0v) is 13.1. The summed E-state index contributed by atoms with van der Waals surface area (Å²) >= 11 is 0. The van der Waals surface area contributed by atoms with E-state index in [1.807, 2.05) is 6.92 Å². The highest BCUT2D eigenvalue weighted by atomic mass is 32.2. The van der Waals surface area contributed by atoms with Gasteiger partial charge in [0.2, 0.25) is 10.0 Å². The Hall–Kier alpha value is -1.39. The Morgan fingerprint density at radius 2 is 2.10 bits per heavy atom. The van der Waals surface area contributed by atoms with Crippen LogP contribution < -0.4 is 4.72 Å². The molecule has 116 valence electrons. The van der Waals surface area contributed by atoms with Crippen molar-refractivity contribution in [2.75, 3.05) is 20.3 Å². The maximum Gasteiger partial charge on any atom is 0.242 e. The summed E-state index contributed by atoms with van der Waals surface area (Å²) in [7, 11) is -2.12. The highest BCUT2D eigenvalue weighted by Gasteiger charge is 2.21. The monoisotopic (exact) mass is 311 g/mol. The van der Waals surface area contributed by atoms with E-state index in [1.54, 1.807) is 18.2 Å². The van der Waals surface area contributed by atoms with Gasteiger partial charge in [0.15, 0.2) is 0 Å². The van der Waals surface area contributed by atoms with E-state index < -0.39 is 10.0 Å². The van der Waals surface area contributed by atoms with Crippen LogP contribution in [-0.4, -0.2) is 39.9 Å². The summed E-state index contributed by atoms with van der Waals surface area (Å²) in [6.07, 6.45) is 0.939. The lowest BCUT2D eigenvalue weighted by Crippen LogP contribution is -2.37. The number of rotatable bonds is 7. The zero-order chi connectivity index (χ0) is 15.7. The van der Waals surface area contributed by atoms with Crippen molar-refractivity contribution in [3.8, 4) is 11.8 Å². The van der Waals surface area contributed by atoms with Crippen molar-refractivity contribution in [1.29, 1.82) is 0 Å². The number of hydrogen-bond donors (Lipinski definition) is 2. The van der Waals surface area contributed by atoms with Crippen molar-refractivity contribution in [3.63, 3.8) is 0 Å². The molecule has 5 nitrogen and oxygen atoms in total. The molecule has 1 unspecified atom stereocenters. The number of ether oxygens (including phenoxy) is 1. The smallest absolute Gasteiger partial charge is 0.242 e. The number of methoxy groups -OCH3 is 1. The van der Waals surface area contributed by atoms with Crippen molar-refractivity contribution in [2.24, 2.45) is 0 Å². The summed E-state index contributed by atoms with van der Waals surface area (Å²) in [5, 5.41) is 8.74. The molecule has 0 aliphatic heterocycles. The molecule has 6 heteroatoms. The summed E-state index contributed by atoms with van der Waals surface area (Å²) in [6, 6.07) is 6.27. The molecule has 0 spiro atoms. The van der Waals surface area contributed by atoms with E-state index in [9.17, 15) is 8.42 Å². The van der Waals surface area contributed by atoms with Crippen molar-refractivity contribution in [2.45, 2.75) is 30.7 Å². The van der Waals surface area contributed by atoms with Gasteiger partial charge in [-0.15, -0.1) is 0 Å². The summed E-state index contributed by atoms with van der Waals surface area (Å²) in [4.78, 5) is 0.144. The van der Waals surface area contributed by atoms with Crippen LogP contribution in [0.4, 0.5) is 0 Å². The standard InChI is InChI=1S/C15H21NO4S/c1-3-14(12-20-2)16-21(18,19)15-10-5-4-8-13(15)9-6-7-11-17/h4-5,8,10,14,16-17H,3,7,11-12H2,1-2H3. The third-order valence-electron chi connectivity index (χ3n) is 2.82. The molecule has 2 N–H and O–H groups in total. The number of hydrogen-bond acceptors (Lipinski definition) is 4. The number of sulfonamides is 1. The molecular formula is C15H21NO4S. The van der Waals surface area contributed by atoms with E-state index in [4.69, 9.17) is 9.84 Å².